The molecule has 2 nitrogen and oxygen atoms in total. The lowest BCUT2D eigenvalue weighted by molar-refractivity contribution is 0.247. The molecule has 0 saturated heterocycles. The predicted molar refractivity (Wildman–Crippen MR) is 44.1 cm³/mol. The van der Waals surface area contributed by atoms with Crippen LogP contribution in [0.4, 0.5) is 0 Å². The van der Waals surface area contributed by atoms with Crippen molar-refractivity contribution in [3.05, 3.63) is 0 Å². The molecule has 0 aliphatic rings. The van der Waals surface area contributed by atoms with E-state index in [1.54, 1.807) is 0 Å². The SMILES string of the molecule is CCC[SiH](C#N)OC(C)C. The van der Waals surface area contributed by atoms with Gasteiger partial charge >= 0.3 is 0 Å². The molecule has 0 spiro atoms. The average Bonchev–Trinajstić information content (AvgIpc) is 1.86. The van der Waals surface area contributed by atoms with Gasteiger partial charge in [-0.2, -0.15) is 0 Å². The molecule has 0 rings (SSSR count). The molecule has 3 heteroatoms. The number of rotatable bonds is 4. The topological polar surface area (TPSA) is 33.0 Å². The van der Waals surface area contributed by atoms with Crippen LogP contribution < -0.4 is 0 Å². The molecule has 0 radical (unpaired) electrons. The lowest BCUT2D eigenvalue weighted by Gasteiger charge is -2.10. The Kier molecular flexibility index (Phi) is 5.27. The molecule has 0 aliphatic heterocycles. The van der Waals surface area contributed by atoms with Gasteiger partial charge in [0.15, 0.2) is 0 Å². The van der Waals surface area contributed by atoms with E-state index in [9.17, 15) is 0 Å². The number of nitrogens with zero attached hydrogens (tertiary/aromatic N) is 1. The third-order valence-electron chi connectivity index (χ3n) is 1.13. The monoisotopic (exact) mass is 157 g/mol. The highest BCUT2D eigenvalue weighted by Crippen LogP contribution is 2.00. The van der Waals surface area contributed by atoms with E-state index in [0.717, 1.165) is 12.5 Å². The van der Waals surface area contributed by atoms with Gasteiger partial charge in [-0.3, -0.25) is 0 Å². The minimum Gasteiger partial charge on any atom is -0.403 e. The van der Waals surface area contributed by atoms with Crippen molar-refractivity contribution in [3.8, 4) is 5.69 Å². The van der Waals surface area contributed by atoms with E-state index < -0.39 is 9.04 Å². The van der Waals surface area contributed by atoms with Gasteiger partial charge in [0.1, 0.15) is 0 Å². The van der Waals surface area contributed by atoms with Gasteiger partial charge in [-0.1, -0.05) is 13.3 Å². The fourth-order valence-corrected chi connectivity index (χ4v) is 2.26. The van der Waals surface area contributed by atoms with Gasteiger partial charge in [0.2, 0.25) is 0 Å². The van der Waals surface area contributed by atoms with Crippen molar-refractivity contribution >= 4 is 9.04 Å². The summed E-state index contributed by atoms with van der Waals surface area (Å²) < 4.78 is 5.42. The van der Waals surface area contributed by atoms with Crippen LogP contribution in [0.1, 0.15) is 27.2 Å². The quantitative estimate of drug-likeness (QED) is 0.581. The highest BCUT2D eigenvalue weighted by molar-refractivity contribution is 6.60. The van der Waals surface area contributed by atoms with Gasteiger partial charge in [0, 0.05) is 6.10 Å². The van der Waals surface area contributed by atoms with E-state index in [2.05, 4.69) is 12.6 Å². The molecule has 1 unspecified atom stereocenters. The minimum absolute atomic E-state index is 0.225. The molecule has 0 heterocycles. The molecule has 58 valence electrons. The van der Waals surface area contributed by atoms with Gasteiger partial charge < -0.3 is 4.43 Å². The zero-order chi connectivity index (χ0) is 7.98. The second kappa shape index (κ2) is 5.45. The summed E-state index contributed by atoms with van der Waals surface area (Å²) in [6.07, 6.45) is 1.29. The molecule has 10 heavy (non-hydrogen) atoms. The first kappa shape index (κ1) is 9.67. The lowest BCUT2D eigenvalue weighted by Crippen LogP contribution is -2.20. The molecule has 0 amide bonds. The highest BCUT2D eigenvalue weighted by Gasteiger charge is 2.10. The van der Waals surface area contributed by atoms with Crippen LogP contribution in [0.25, 0.3) is 0 Å². The molecular weight excluding hydrogens is 142 g/mol. The lowest BCUT2D eigenvalue weighted by atomic mass is 10.5. The summed E-state index contributed by atoms with van der Waals surface area (Å²) in [5.74, 6) is 0. The Morgan fingerprint density at radius 3 is 2.50 bits per heavy atom. The standard InChI is InChI=1S/C7H15NOSi/c1-4-5-10(6-8)9-7(2)3/h7,10H,4-5H2,1-3H3. The molecule has 0 aromatic rings. The summed E-state index contributed by atoms with van der Waals surface area (Å²) in [4.78, 5) is 0. The Hall–Kier alpha value is -0.333. The van der Waals surface area contributed by atoms with E-state index in [4.69, 9.17) is 9.69 Å². The van der Waals surface area contributed by atoms with Crippen molar-refractivity contribution < 1.29 is 4.43 Å². The van der Waals surface area contributed by atoms with Gasteiger partial charge in [-0.05, 0) is 19.9 Å². The zero-order valence-electron chi connectivity index (χ0n) is 6.92. The van der Waals surface area contributed by atoms with E-state index in [1.165, 1.54) is 0 Å². The van der Waals surface area contributed by atoms with Crippen molar-refractivity contribution in [2.45, 2.75) is 39.3 Å². The van der Waals surface area contributed by atoms with E-state index >= 15 is 0 Å². The van der Waals surface area contributed by atoms with Crippen LogP contribution in [0.15, 0.2) is 0 Å². The fourth-order valence-electron chi connectivity index (χ4n) is 0.754. The molecule has 0 aliphatic carbocycles. The summed E-state index contributed by atoms with van der Waals surface area (Å²) >= 11 is 0. The van der Waals surface area contributed by atoms with Gasteiger partial charge in [0.25, 0.3) is 9.04 Å². The Morgan fingerprint density at radius 1 is 1.60 bits per heavy atom. The molecule has 0 bridgehead atoms. The van der Waals surface area contributed by atoms with Crippen LogP contribution in [0.3, 0.4) is 0 Å². The van der Waals surface area contributed by atoms with Crippen molar-refractivity contribution in [1.82, 2.24) is 0 Å². The van der Waals surface area contributed by atoms with Crippen LogP contribution in [0.2, 0.25) is 6.04 Å². The number of hydrogen-bond donors (Lipinski definition) is 0. The molecule has 0 fully saturated rings. The summed E-state index contributed by atoms with van der Waals surface area (Å²) in [6.45, 7) is 6.04. The third-order valence-corrected chi connectivity index (χ3v) is 3.39. The van der Waals surface area contributed by atoms with E-state index in [0.29, 0.717) is 0 Å². The Balaban J connectivity index is 3.52. The van der Waals surface area contributed by atoms with Crippen LogP contribution in [-0.4, -0.2) is 15.1 Å². The first-order chi connectivity index (χ1) is 4.70. The Bertz CT molecular complexity index is 119. The average molecular weight is 157 g/mol. The van der Waals surface area contributed by atoms with Gasteiger partial charge in [-0.25, -0.2) is 5.26 Å². The smallest absolute Gasteiger partial charge is 0.290 e. The number of nitriles is 1. The van der Waals surface area contributed by atoms with Crippen LogP contribution >= 0.6 is 0 Å². The number of hydrogen-bond acceptors (Lipinski definition) is 2. The first-order valence-electron chi connectivity index (χ1n) is 3.75. The van der Waals surface area contributed by atoms with E-state index in [-0.39, 0.29) is 6.10 Å². The van der Waals surface area contributed by atoms with Crippen molar-refractivity contribution in [2.24, 2.45) is 0 Å². The minimum atomic E-state index is -1.47. The third kappa shape index (κ3) is 4.54. The van der Waals surface area contributed by atoms with Crippen LogP contribution in [0.5, 0.6) is 0 Å². The maximum atomic E-state index is 8.59. The Morgan fingerprint density at radius 2 is 2.20 bits per heavy atom. The summed E-state index contributed by atoms with van der Waals surface area (Å²) in [7, 11) is -1.47. The zero-order valence-corrected chi connectivity index (χ0v) is 8.08. The molecule has 0 aromatic heterocycles. The predicted octanol–water partition coefficient (Wildman–Crippen LogP) is 1.61. The van der Waals surface area contributed by atoms with Crippen molar-refractivity contribution in [3.63, 3.8) is 0 Å². The first-order valence-corrected chi connectivity index (χ1v) is 5.62. The molecule has 0 N–H and O–H groups in total. The van der Waals surface area contributed by atoms with Crippen molar-refractivity contribution in [2.75, 3.05) is 0 Å². The summed E-state index contributed by atoms with van der Waals surface area (Å²) in [5, 5.41) is 8.59. The maximum absolute atomic E-state index is 8.59. The van der Waals surface area contributed by atoms with Crippen LogP contribution in [0, 0.1) is 11.0 Å². The summed E-state index contributed by atoms with van der Waals surface area (Å²) in [6, 6.07) is 0.981. The second-order valence-corrected chi connectivity index (χ2v) is 4.68. The molecule has 1 atom stereocenters. The molecule has 0 aromatic carbocycles. The fraction of sp³-hybridized carbons (Fsp3) is 0.857. The Labute approximate surface area is 64.5 Å². The maximum Gasteiger partial charge on any atom is 0.290 e. The van der Waals surface area contributed by atoms with Gasteiger partial charge in [0.05, 0.1) is 5.69 Å². The second-order valence-electron chi connectivity index (χ2n) is 2.59. The normalized spacial score (nSPS) is 13.1. The van der Waals surface area contributed by atoms with Gasteiger partial charge in [-0.15, -0.1) is 0 Å². The van der Waals surface area contributed by atoms with Crippen molar-refractivity contribution in [1.29, 1.82) is 5.26 Å². The largest absolute Gasteiger partial charge is 0.403 e. The summed E-state index contributed by atoms with van der Waals surface area (Å²) in [5.41, 5.74) is 2.25. The van der Waals surface area contributed by atoms with E-state index in [1.807, 2.05) is 13.8 Å². The molecule has 0 saturated carbocycles. The molecular formula is C7H15NOSi. The highest BCUT2D eigenvalue weighted by atomic mass is 28.3. The van der Waals surface area contributed by atoms with Crippen LogP contribution in [-0.2, 0) is 4.43 Å².